The second kappa shape index (κ2) is 7.11. The number of benzene rings is 1. The van der Waals surface area contributed by atoms with Crippen molar-refractivity contribution in [3.8, 4) is 5.75 Å². The number of nitrogens with two attached hydrogens (primary N) is 1. The lowest BCUT2D eigenvalue weighted by atomic mass is 10.0. The highest BCUT2D eigenvalue weighted by atomic mass is 16.5. The number of methoxy groups -OCH3 is 1. The third kappa shape index (κ3) is 4.54. The number of carbonyl (C=O) groups excluding carboxylic acids is 1. The Bertz CT molecular complexity index is 404. The van der Waals surface area contributed by atoms with Crippen LogP contribution < -0.4 is 11.1 Å². The summed E-state index contributed by atoms with van der Waals surface area (Å²) in [7, 11) is 1.57. The zero-order chi connectivity index (χ0) is 14.4. The molecule has 106 valence electrons. The molecule has 1 rings (SSSR count). The summed E-state index contributed by atoms with van der Waals surface area (Å²) in [5, 5.41) is 12.1. The van der Waals surface area contributed by atoms with E-state index in [0.29, 0.717) is 6.61 Å². The van der Waals surface area contributed by atoms with E-state index in [1.54, 1.807) is 31.4 Å². The molecule has 0 fully saturated rings. The number of rotatable bonds is 6. The zero-order valence-corrected chi connectivity index (χ0v) is 11.6. The monoisotopic (exact) mass is 266 g/mol. The summed E-state index contributed by atoms with van der Waals surface area (Å²) in [4.78, 5) is 12.0. The fourth-order valence-electron chi connectivity index (χ4n) is 1.67. The molecule has 19 heavy (non-hydrogen) atoms. The fourth-order valence-corrected chi connectivity index (χ4v) is 1.67. The minimum atomic E-state index is -0.545. The van der Waals surface area contributed by atoms with Crippen molar-refractivity contribution in [2.45, 2.75) is 25.9 Å². The molecule has 0 bridgehead atoms. The number of hydrogen-bond donors (Lipinski definition) is 3. The molecule has 1 aromatic carbocycles. The molecule has 0 saturated heterocycles. The largest absolute Gasteiger partial charge is 0.508 e. The molecule has 0 spiro atoms. The third-order valence-corrected chi connectivity index (χ3v) is 2.97. The molecular formula is C14H22N2O3. The van der Waals surface area contributed by atoms with Crippen LogP contribution in [0, 0.1) is 5.92 Å². The minimum Gasteiger partial charge on any atom is -0.508 e. The molecule has 5 nitrogen and oxygen atoms in total. The standard InChI is InChI=1S/C14H22N2O3/c1-9(2)13(15)14(18)16-12(8-19-3)10-4-6-11(17)7-5-10/h4-7,9,12-13,17H,8,15H2,1-3H3,(H,16,18)/t12-,13-/m0/s1. The first kappa shape index (κ1) is 15.5. The Labute approximate surface area is 113 Å². The van der Waals surface area contributed by atoms with Crippen LogP contribution in [0.3, 0.4) is 0 Å². The van der Waals surface area contributed by atoms with Crippen LogP contribution in [0.5, 0.6) is 5.75 Å². The maximum absolute atomic E-state index is 12.0. The van der Waals surface area contributed by atoms with Gasteiger partial charge < -0.3 is 20.9 Å². The Kier molecular flexibility index (Phi) is 5.79. The summed E-state index contributed by atoms with van der Waals surface area (Å²) in [5.41, 5.74) is 6.68. The van der Waals surface area contributed by atoms with Crippen LogP contribution in [-0.4, -0.2) is 30.8 Å². The van der Waals surface area contributed by atoms with E-state index in [9.17, 15) is 9.90 Å². The minimum absolute atomic E-state index is 0.0722. The van der Waals surface area contributed by atoms with Gasteiger partial charge in [-0.25, -0.2) is 0 Å². The first-order chi connectivity index (χ1) is 8.95. The Morgan fingerprint density at radius 3 is 2.42 bits per heavy atom. The number of hydrogen-bond acceptors (Lipinski definition) is 4. The smallest absolute Gasteiger partial charge is 0.237 e. The van der Waals surface area contributed by atoms with Crippen molar-refractivity contribution in [2.24, 2.45) is 11.7 Å². The molecule has 2 atom stereocenters. The Morgan fingerprint density at radius 2 is 1.95 bits per heavy atom. The van der Waals surface area contributed by atoms with Crippen molar-refractivity contribution >= 4 is 5.91 Å². The van der Waals surface area contributed by atoms with E-state index in [1.807, 2.05) is 13.8 Å². The van der Waals surface area contributed by atoms with E-state index in [-0.39, 0.29) is 23.6 Å². The summed E-state index contributed by atoms with van der Waals surface area (Å²) >= 11 is 0. The summed E-state index contributed by atoms with van der Waals surface area (Å²) in [6.45, 7) is 4.15. The zero-order valence-electron chi connectivity index (χ0n) is 11.6. The van der Waals surface area contributed by atoms with Crippen LogP contribution in [0.2, 0.25) is 0 Å². The van der Waals surface area contributed by atoms with Crippen LogP contribution in [0.1, 0.15) is 25.5 Å². The molecule has 4 N–H and O–H groups in total. The number of nitrogens with one attached hydrogen (secondary N) is 1. The molecule has 5 heteroatoms. The van der Waals surface area contributed by atoms with Crippen molar-refractivity contribution in [1.29, 1.82) is 0 Å². The number of aromatic hydroxyl groups is 1. The van der Waals surface area contributed by atoms with Gasteiger partial charge >= 0.3 is 0 Å². The molecule has 0 radical (unpaired) electrons. The number of amides is 1. The summed E-state index contributed by atoms with van der Waals surface area (Å²) in [5.74, 6) is 0.0539. The van der Waals surface area contributed by atoms with Crippen LogP contribution in [0.15, 0.2) is 24.3 Å². The van der Waals surface area contributed by atoms with Gasteiger partial charge in [-0.3, -0.25) is 4.79 Å². The quantitative estimate of drug-likeness (QED) is 0.722. The number of phenolic OH excluding ortho intramolecular Hbond substituents is 1. The number of ether oxygens (including phenoxy) is 1. The van der Waals surface area contributed by atoms with Crippen molar-refractivity contribution < 1.29 is 14.6 Å². The van der Waals surface area contributed by atoms with E-state index >= 15 is 0 Å². The molecule has 0 aliphatic rings. The van der Waals surface area contributed by atoms with Gasteiger partial charge in [0.15, 0.2) is 0 Å². The predicted molar refractivity (Wildman–Crippen MR) is 73.7 cm³/mol. The van der Waals surface area contributed by atoms with E-state index < -0.39 is 6.04 Å². The molecular weight excluding hydrogens is 244 g/mol. The van der Waals surface area contributed by atoms with Gasteiger partial charge in [-0.15, -0.1) is 0 Å². The maximum Gasteiger partial charge on any atom is 0.237 e. The summed E-state index contributed by atoms with van der Waals surface area (Å²) in [6.07, 6.45) is 0. The van der Waals surface area contributed by atoms with Gasteiger partial charge in [0.25, 0.3) is 0 Å². The Hall–Kier alpha value is -1.59. The molecule has 0 heterocycles. The highest BCUT2D eigenvalue weighted by molar-refractivity contribution is 5.82. The first-order valence-electron chi connectivity index (χ1n) is 6.29. The fraction of sp³-hybridized carbons (Fsp3) is 0.500. The third-order valence-electron chi connectivity index (χ3n) is 2.97. The average Bonchev–Trinajstić information content (AvgIpc) is 2.38. The molecule has 1 aromatic rings. The Morgan fingerprint density at radius 1 is 1.37 bits per heavy atom. The second-order valence-electron chi connectivity index (χ2n) is 4.88. The van der Waals surface area contributed by atoms with Crippen molar-refractivity contribution in [2.75, 3.05) is 13.7 Å². The van der Waals surface area contributed by atoms with Gasteiger partial charge in [0.2, 0.25) is 5.91 Å². The molecule has 0 aliphatic carbocycles. The van der Waals surface area contributed by atoms with Crippen molar-refractivity contribution in [3.05, 3.63) is 29.8 Å². The van der Waals surface area contributed by atoms with Crippen LogP contribution in [0.4, 0.5) is 0 Å². The van der Waals surface area contributed by atoms with Gasteiger partial charge in [0.05, 0.1) is 18.7 Å². The molecule has 0 unspecified atom stereocenters. The molecule has 0 aliphatic heterocycles. The van der Waals surface area contributed by atoms with Gasteiger partial charge in [-0.1, -0.05) is 26.0 Å². The Balaban J connectivity index is 2.78. The predicted octanol–water partition coefficient (Wildman–Crippen LogP) is 1.18. The van der Waals surface area contributed by atoms with E-state index in [2.05, 4.69) is 5.32 Å². The molecule has 0 aromatic heterocycles. The first-order valence-corrected chi connectivity index (χ1v) is 6.29. The lowest BCUT2D eigenvalue weighted by Crippen LogP contribution is -2.46. The highest BCUT2D eigenvalue weighted by Gasteiger charge is 2.21. The average molecular weight is 266 g/mol. The molecule has 1 amide bonds. The van der Waals surface area contributed by atoms with E-state index in [0.717, 1.165) is 5.56 Å². The van der Waals surface area contributed by atoms with Gasteiger partial charge in [-0.05, 0) is 23.6 Å². The van der Waals surface area contributed by atoms with Crippen molar-refractivity contribution in [3.63, 3.8) is 0 Å². The number of carbonyl (C=O) groups is 1. The maximum atomic E-state index is 12.0. The number of phenols is 1. The normalized spacial score (nSPS) is 14.2. The van der Waals surface area contributed by atoms with Gasteiger partial charge in [0.1, 0.15) is 5.75 Å². The van der Waals surface area contributed by atoms with E-state index in [1.165, 1.54) is 0 Å². The topological polar surface area (TPSA) is 84.6 Å². The SMILES string of the molecule is COC[C@H](NC(=O)[C@@H](N)C(C)C)c1ccc(O)cc1. The van der Waals surface area contributed by atoms with Crippen molar-refractivity contribution in [1.82, 2.24) is 5.32 Å². The van der Waals surface area contributed by atoms with Crippen LogP contribution >= 0.6 is 0 Å². The van der Waals surface area contributed by atoms with Gasteiger partial charge in [0, 0.05) is 7.11 Å². The highest BCUT2D eigenvalue weighted by Crippen LogP contribution is 2.17. The van der Waals surface area contributed by atoms with Crippen LogP contribution in [0.25, 0.3) is 0 Å². The van der Waals surface area contributed by atoms with Gasteiger partial charge in [-0.2, -0.15) is 0 Å². The molecule has 0 saturated carbocycles. The summed E-state index contributed by atoms with van der Waals surface area (Å²) in [6, 6.07) is 5.83. The second-order valence-corrected chi connectivity index (χ2v) is 4.88. The lowest BCUT2D eigenvalue weighted by Gasteiger charge is -2.22. The lowest BCUT2D eigenvalue weighted by molar-refractivity contribution is -0.124. The van der Waals surface area contributed by atoms with Crippen LogP contribution in [-0.2, 0) is 9.53 Å². The summed E-state index contributed by atoms with van der Waals surface area (Å²) < 4.78 is 5.11. The van der Waals surface area contributed by atoms with E-state index in [4.69, 9.17) is 10.5 Å².